The predicted molar refractivity (Wildman–Crippen MR) is 88.8 cm³/mol. The lowest BCUT2D eigenvalue weighted by Crippen LogP contribution is -2.30. The van der Waals surface area contributed by atoms with Crippen LogP contribution < -0.4 is 11.3 Å². The number of nitrogens with two attached hydrogens (primary N) is 1. The van der Waals surface area contributed by atoms with Gasteiger partial charge in [0, 0.05) is 10.0 Å². The number of hydrogen-bond acceptors (Lipinski definition) is 2. The van der Waals surface area contributed by atoms with E-state index >= 15 is 0 Å². The molecule has 112 valence electrons. The van der Waals surface area contributed by atoms with Crippen molar-refractivity contribution in [3.63, 3.8) is 0 Å². The Morgan fingerprint density at radius 2 is 2.00 bits per heavy atom. The molecule has 0 bridgehead atoms. The van der Waals surface area contributed by atoms with E-state index < -0.39 is 5.82 Å². The van der Waals surface area contributed by atoms with Crippen LogP contribution in [0.5, 0.6) is 0 Å². The molecular weight excluding hydrogens is 355 g/mol. The van der Waals surface area contributed by atoms with E-state index in [1.54, 1.807) is 12.1 Å². The Kier molecular flexibility index (Phi) is 5.38. The van der Waals surface area contributed by atoms with Crippen LogP contribution in [0.15, 0.2) is 34.8 Å². The van der Waals surface area contributed by atoms with E-state index in [9.17, 15) is 4.39 Å². The van der Waals surface area contributed by atoms with E-state index in [-0.39, 0.29) is 11.1 Å². The quantitative estimate of drug-likeness (QED) is 0.468. The van der Waals surface area contributed by atoms with Gasteiger partial charge >= 0.3 is 0 Å². The maximum Gasteiger partial charge on any atom is 0.147 e. The summed E-state index contributed by atoms with van der Waals surface area (Å²) < 4.78 is 14.9. The van der Waals surface area contributed by atoms with Gasteiger partial charge in [-0.15, -0.1) is 0 Å². The van der Waals surface area contributed by atoms with Crippen LogP contribution in [0.1, 0.15) is 28.3 Å². The van der Waals surface area contributed by atoms with Crippen LogP contribution in [-0.2, 0) is 6.42 Å². The SMILES string of the molecule is Cc1ccc(C)c(CC(NN)c2ccc(Br)c(Cl)c2F)c1. The van der Waals surface area contributed by atoms with Gasteiger partial charge in [-0.3, -0.25) is 11.3 Å². The second-order valence-corrected chi connectivity index (χ2v) is 6.35. The first-order chi connectivity index (χ1) is 9.93. The zero-order valence-corrected chi connectivity index (χ0v) is 14.2. The average Bonchev–Trinajstić information content (AvgIpc) is 2.46. The Balaban J connectivity index is 2.37. The molecule has 0 fully saturated rings. The normalized spacial score (nSPS) is 12.5. The van der Waals surface area contributed by atoms with Gasteiger partial charge in [0.1, 0.15) is 5.82 Å². The highest BCUT2D eigenvalue weighted by Gasteiger charge is 2.19. The van der Waals surface area contributed by atoms with Gasteiger partial charge < -0.3 is 0 Å². The largest absolute Gasteiger partial charge is 0.271 e. The zero-order valence-electron chi connectivity index (χ0n) is 11.9. The zero-order chi connectivity index (χ0) is 15.6. The Morgan fingerprint density at radius 3 is 2.67 bits per heavy atom. The maximum absolute atomic E-state index is 14.3. The molecule has 0 aromatic heterocycles. The third-order valence-electron chi connectivity index (χ3n) is 3.57. The first-order valence-electron chi connectivity index (χ1n) is 6.59. The highest BCUT2D eigenvalue weighted by molar-refractivity contribution is 9.10. The summed E-state index contributed by atoms with van der Waals surface area (Å²) in [6, 6.07) is 9.30. The van der Waals surface area contributed by atoms with E-state index in [0.29, 0.717) is 16.5 Å². The summed E-state index contributed by atoms with van der Waals surface area (Å²) in [7, 11) is 0. The third-order valence-corrected chi connectivity index (χ3v) is 4.83. The molecule has 2 aromatic rings. The fourth-order valence-corrected chi connectivity index (χ4v) is 2.79. The van der Waals surface area contributed by atoms with E-state index in [1.807, 2.05) is 13.8 Å². The van der Waals surface area contributed by atoms with E-state index in [2.05, 4.69) is 39.6 Å². The molecule has 0 aliphatic heterocycles. The molecule has 2 nitrogen and oxygen atoms in total. The van der Waals surface area contributed by atoms with Crippen molar-refractivity contribution in [3.8, 4) is 0 Å². The average molecular weight is 372 g/mol. The van der Waals surface area contributed by atoms with Crippen LogP contribution >= 0.6 is 27.5 Å². The van der Waals surface area contributed by atoms with Gasteiger partial charge in [0.15, 0.2) is 0 Å². The third kappa shape index (κ3) is 3.64. The Bertz CT molecular complexity index is 661. The fourth-order valence-electron chi connectivity index (χ4n) is 2.31. The van der Waals surface area contributed by atoms with E-state index in [0.717, 1.165) is 11.1 Å². The van der Waals surface area contributed by atoms with Gasteiger partial charge in [0.2, 0.25) is 0 Å². The molecule has 0 saturated carbocycles. The molecule has 0 aliphatic rings. The van der Waals surface area contributed by atoms with Crippen molar-refractivity contribution in [2.24, 2.45) is 5.84 Å². The van der Waals surface area contributed by atoms with Gasteiger partial charge in [-0.05, 0) is 53.4 Å². The maximum atomic E-state index is 14.3. The minimum atomic E-state index is -0.445. The van der Waals surface area contributed by atoms with Gasteiger partial charge in [-0.1, -0.05) is 41.4 Å². The number of halogens is 3. The number of hydrazine groups is 1. The Hall–Kier alpha value is -0.940. The molecule has 2 aromatic carbocycles. The number of hydrogen-bond donors (Lipinski definition) is 2. The molecule has 1 unspecified atom stereocenters. The van der Waals surface area contributed by atoms with Crippen molar-refractivity contribution in [1.29, 1.82) is 0 Å². The number of rotatable bonds is 4. The van der Waals surface area contributed by atoms with Gasteiger partial charge in [0.05, 0.1) is 11.1 Å². The monoisotopic (exact) mass is 370 g/mol. The first-order valence-corrected chi connectivity index (χ1v) is 7.76. The van der Waals surface area contributed by atoms with Crippen LogP contribution in [0.3, 0.4) is 0 Å². The van der Waals surface area contributed by atoms with Crippen molar-refractivity contribution in [1.82, 2.24) is 5.43 Å². The molecule has 5 heteroatoms. The van der Waals surface area contributed by atoms with Gasteiger partial charge in [-0.2, -0.15) is 0 Å². The van der Waals surface area contributed by atoms with Crippen LogP contribution in [0.4, 0.5) is 4.39 Å². The topological polar surface area (TPSA) is 38.0 Å². The van der Waals surface area contributed by atoms with Crippen molar-refractivity contribution >= 4 is 27.5 Å². The Labute approximate surface area is 137 Å². The lowest BCUT2D eigenvalue weighted by atomic mass is 9.95. The molecular formula is C16H17BrClFN2. The van der Waals surface area contributed by atoms with Crippen molar-refractivity contribution < 1.29 is 4.39 Å². The van der Waals surface area contributed by atoms with Crippen LogP contribution in [0, 0.1) is 19.7 Å². The van der Waals surface area contributed by atoms with Crippen LogP contribution in [0.2, 0.25) is 5.02 Å². The summed E-state index contributed by atoms with van der Waals surface area (Å²) in [5.41, 5.74) is 6.61. The number of aryl methyl sites for hydroxylation is 2. The highest BCUT2D eigenvalue weighted by Crippen LogP contribution is 2.31. The molecule has 0 heterocycles. The number of benzene rings is 2. The van der Waals surface area contributed by atoms with Crippen molar-refractivity contribution in [2.75, 3.05) is 0 Å². The minimum Gasteiger partial charge on any atom is -0.271 e. The highest BCUT2D eigenvalue weighted by atomic mass is 79.9. The molecule has 3 N–H and O–H groups in total. The van der Waals surface area contributed by atoms with Crippen molar-refractivity contribution in [3.05, 3.63) is 67.9 Å². The summed E-state index contributed by atoms with van der Waals surface area (Å²) in [6.07, 6.45) is 0.596. The summed E-state index contributed by atoms with van der Waals surface area (Å²) in [6.45, 7) is 4.07. The summed E-state index contributed by atoms with van der Waals surface area (Å²) in [5, 5.41) is 0.0775. The first kappa shape index (κ1) is 16.4. The lowest BCUT2D eigenvalue weighted by molar-refractivity contribution is 0.509. The molecule has 2 rings (SSSR count). The lowest BCUT2D eigenvalue weighted by Gasteiger charge is -2.19. The molecule has 0 aliphatic carbocycles. The summed E-state index contributed by atoms with van der Waals surface area (Å²) in [5.74, 6) is 5.18. The van der Waals surface area contributed by atoms with E-state index in [4.69, 9.17) is 17.4 Å². The summed E-state index contributed by atoms with van der Waals surface area (Å²) in [4.78, 5) is 0. The van der Waals surface area contributed by atoms with Crippen LogP contribution in [0.25, 0.3) is 0 Å². The fraction of sp³-hybridized carbons (Fsp3) is 0.250. The minimum absolute atomic E-state index is 0.0775. The van der Waals surface area contributed by atoms with Gasteiger partial charge in [-0.25, -0.2) is 4.39 Å². The second kappa shape index (κ2) is 6.88. The number of nitrogens with one attached hydrogen (secondary N) is 1. The molecule has 0 amide bonds. The van der Waals surface area contributed by atoms with Crippen molar-refractivity contribution in [2.45, 2.75) is 26.3 Å². The molecule has 0 spiro atoms. The van der Waals surface area contributed by atoms with Gasteiger partial charge in [0.25, 0.3) is 0 Å². The van der Waals surface area contributed by atoms with Crippen LogP contribution in [-0.4, -0.2) is 0 Å². The standard InChI is InChI=1S/C16H17BrClFN2/c1-9-3-4-10(2)11(7-9)8-14(21-20)12-5-6-13(17)15(18)16(12)19/h3-7,14,21H,8,20H2,1-2H3. The molecule has 1 atom stereocenters. The Morgan fingerprint density at radius 1 is 1.29 bits per heavy atom. The molecule has 0 saturated heterocycles. The summed E-state index contributed by atoms with van der Waals surface area (Å²) >= 11 is 9.17. The predicted octanol–water partition coefficient (Wildman–Crippen LogP) is 4.61. The smallest absolute Gasteiger partial charge is 0.147 e. The van der Waals surface area contributed by atoms with E-state index in [1.165, 1.54) is 5.56 Å². The second-order valence-electron chi connectivity index (χ2n) is 5.12. The molecule has 21 heavy (non-hydrogen) atoms. The molecule has 0 radical (unpaired) electrons.